The summed E-state index contributed by atoms with van der Waals surface area (Å²) in [5.74, 6) is 0.0752. The number of hydrogen-bond acceptors (Lipinski definition) is 2. The summed E-state index contributed by atoms with van der Waals surface area (Å²) in [6.45, 7) is 6.55. The number of nitrogens with zero attached hydrogens (tertiary/aromatic N) is 1. The summed E-state index contributed by atoms with van der Waals surface area (Å²) in [7, 11) is 0. The third kappa shape index (κ3) is 3.73. The van der Waals surface area contributed by atoms with E-state index in [-0.39, 0.29) is 5.78 Å². The fraction of sp³-hybridized carbons (Fsp3) is 0.261. The number of nitrogens with one attached hydrogen (secondary N) is 1. The molecule has 0 amide bonds. The van der Waals surface area contributed by atoms with Gasteiger partial charge in [-0.1, -0.05) is 18.2 Å². The minimum Gasteiger partial charge on any atom is -0.361 e. The quantitative estimate of drug-likeness (QED) is 0.404. The van der Waals surface area contributed by atoms with Crippen LogP contribution in [0.2, 0.25) is 0 Å². The van der Waals surface area contributed by atoms with Crippen molar-refractivity contribution in [1.82, 2.24) is 9.88 Å². The van der Waals surface area contributed by atoms with Crippen LogP contribution in [-0.2, 0) is 0 Å². The smallest absolute Gasteiger partial charge is 0.193 e. The highest BCUT2D eigenvalue weighted by Crippen LogP contribution is 2.30. The van der Waals surface area contributed by atoms with Crippen molar-refractivity contribution in [3.05, 3.63) is 75.0 Å². The Bertz CT molecular complexity index is 1030. The normalized spacial score (nSPS) is 15.3. The fourth-order valence-electron chi connectivity index (χ4n) is 3.72. The lowest BCUT2D eigenvalue weighted by Gasteiger charge is -2.29. The van der Waals surface area contributed by atoms with Gasteiger partial charge in [0.05, 0.1) is 0 Å². The van der Waals surface area contributed by atoms with Crippen LogP contribution >= 0.6 is 22.6 Å². The Morgan fingerprint density at radius 2 is 1.96 bits per heavy atom. The number of benzene rings is 2. The van der Waals surface area contributed by atoms with Gasteiger partial charge in [0.2, 0.25) is 0 Å². The molecule has 3 aromatic rings. The monoisotopic (exact) mass is 470 g/mol. The van der Waals surface area contributed by atoms with E-state index in [2.05, 4.69) is 58.6 Å². The zero-order valence-electron chi connectivity index (χ0n) is 15.6. The van der Waals surface area contributed by atoms with E-state index in [9.17, 15) is 4.79 Å². The molecule has 0 spiro atoms. The minimum atomic E-state index is 0.0752. The van der Waals surface area contributed by atoms with E-state index < -0.39 is 0 Å². The molecular formula is C23H23IN2O. The molecule has 0 aliphatic carbocycles. The Morgan fingerprint density at radius 3 is 2.67 bits per heavy atom. The molecule has 0 saturated heterocycles. The number of aromatic nitrogens is 1. The van der Waals surface area contributed by atoms with Crippen LogP contribution in [0.25, 0.3) is 16.5 Å². The maximum Gasteiger partial charge on any atom is 0.193 e. The van der Waals surface area contributed by atoms with E-state index in [4.69, 9.17) is 0 Å². The van der Waals surface area contributed by atoms with Gasteiger partial charge >= 0.3 is 0 Å². The van der Waals surface area contributed by atoms with Crippen LogP contribution in [0.5, 0.6) is 0 Å². The molecular weight excluding hydrogens is 447 g/mol. The molecule has 2 heterocycles. The number of carbonyl (C=O) groups excluding carboxylic acids is 1. The summed E-state index contributed by atoms with van der Waals surface area (Å²) >= 11 is 2.24. The first-order chi connectivity index (χ1) is 13.0. The van der Waals surface area contributed by atoms with Gasteiger partial charge in [-0.15, -0.1) is 0 Å². The molecule has 1 aliphatic heterocycles. The van der Waals surface area contributed by atoms with Crippen LogP contribution in [0.4, 0.5) is 0 Å². The van der Waals surface area contributed by atoms with Gasteiger partial charge < -0.3 is 4.98 Å². The first kappa shape index (κ1) is 18.4. The molecule has 0 bridgehead atoms. The van der Waals surface area contributed by atoms with Gasteiger partial charge in [0.1, 0.15) is 0 Å². The second-order valence-electron chi connectivity index (χ2n) is 7.37. The maximum atomic E-state index is 12.9. The standard InChI is InChI=1S/C23H23IN2O/c1-15(2)26-10-8-16(9-11-26)21-14-25-22-7-6-18(13-20(21)22)23(27)17-4-3-5-19(24)12-17/h3-8,12-15,25H,9-11H2,1-2H3. The molecule has 0 saturated carbocycles. The van der Waals surface area contributed by atoms with Crippen LogP contribution in [0.3, 0.4) is 0 Å². The predicted octanol–water partition coefficient (Wildman–Crippen LogP) is 5.50. The lowest BCUT2D eigenvalue weighted by atomic mass is 9.96. The van der Waals surface area contributed by atoms with E-state index in [0.29, 0.717) is 6.04 Å². The Balaban J connectivity index is 1.69. The number of fused-ring (bicyclic) bond motifs is 1. The Morgan fingerprint density at radius 1 is 1.15 bits per heavy atom. The van der Waals surface area contributed by atoms with Crippen LogP contribution in [0, 0.1) is 3.57 Å². The van der Waals surface area contributed by atoms with Gasteiger partial charge in [-0.3, -0.25) is 9.69 Å². The van der Waals surface area contributed by atoms with E-state index in [0.717, 1.165) is 45.1 Å². The summed E-state index contributed by atoms with van der Waals surface area (Å²) in [4.78, 5) is 18.8. The average Bonchev–Trinajstić information content (AvgIpc) is 3.10. The van der Waals surface area contributed by atoms with Gasteiger partial charge in [0.15, 0.2) is 5.78 Å². The van der Waals surface area contributed by atoms with Crippen LogP contribution in [-0.4, -0.2) is 34.8 Å². The molecule has 1 N–H and O–H groups in total. The van der Waals surface area contributed by atoms with Crippen molar-refractivity contribution >= 4 is 44.9 Å². The van der Waals surface area contributed by atoms with Crippen molar-refractivity contribution in [2.45, 2.75) is 26.3 Å². The largest absolute Gasteiger partial charge is 0.361 e. The topological polar surface area (TPSA) is 36.1 Å². The molecule has 2 aromatic carbocycles. The zero-order valence-corrected chi connectivity index (χ0v) is 17.8. The van der Waals surface area contributed by atoms with E-state index in [1.165, 1.54) is 11.1 Å². The first-order valence-corrected chi connectivity index (χ1v) is 10.5. The van der Waals surface area contributed by atoms with Gasteiger partial charge in [0, 0.05) is 56.5 Å². The van der Waals surface area contributed by atoms with Crippen molar-refractivity contribution in [2.75, 3.05) is 13.1 Å². The van der Waals surface area contributed by atoms with Crippen molar-refractivity contribution in [3.8, 4) is 0 Å². The number of H-pyrrole nitrogens is 1. The molecule has 0 unspecified atom stereocenters. The predicted molar refractivity (Wildman–Crippen MR) is 120 cm³/mol. The third-order valence-electron chi connectivity index (χ3n) is 5.35. The molecule has 3 nitrogen and oxygen atoms in total. The maximum absolute atomic E-state index is 12.9. The van der Waals surface area contributed by atoms with E-state index in [1.54, 1.807) is 0 Å². The minimum absolute atomic E-state index is 0.0752. The van der Waals surface area contributed by atoms with Gasteiger partial charge in [-0.25, -0.2) is 0 Å². The lowest BCUT2D eigenvalue weighted by molar-refractivity contribution is 0.103. The highest BCUT2D eigenvalue weighted by atomic mass is 127. The molecule has 0 atom stereocenters. The molecule has 0 fully saturated rings. The molecule has 1 aromatic heterocycles. The first-order valence-electron chi connectivity index (χ1n) is 9.38. The summed E-state index contributed by atoms with van der Waals surface area (Å²) in [5, 5.41) is 1.13. The second kappa shape index (κ2) is 7.60. The molecule has 4 heteroatoms. The summed E-state index contributed by atoms with van der Waals surface area (Å²) in [6.07, 6.45) is 5.46. The summed E-state index contributed by atoms with van der Waals surface area (Å²) in [6, 6.07) is 14.3. The molecule has 1 aliphatic rings. The number of carbonyl (C=O) groups is 1. The lowest BCUT2D eigenvalue weighted by Crippen LogP contribution is -2.34. The third-order valence-corrected chi connectivity index (χ3v) is 6.02. The van der Waals surface area contributed by atoms with Crippen LogP contribution < -0.4 is 0 Å². The number of rotatable bonds is 4. The highest BCUT2D eigenvalue weighted by Gasteiger charge is 2.18. The number of ketones is 1. The van der Waals surface area contributed by atoms with Crippen LogP contribution in [0.15, 0.2) is 54.7 Å². The fourth-order valence-corrected chi connectivity index (χ4v) is 4.27. The molecule has 138 valence electrons. The van der Waals surface area contributed by atoms with Crippen LogP contribution in [0.1, 0.15) is 41.8 Å². The Hall–Kier alpha value is -1.92. The Labute approximate surface area is 173 Å². The van der Waals surface area contributed by atoms with Crippen molar-refractivity contribution in [3.63, 3.8) is 0 Å². The van der Waals surface area contributed by atoms with E-state index >= 15 is 0 Å². The molecule has 0 radical (unpaired) electrons. The van der Waals surface area contributed by atoms with Gasteiger partial charge in [-0.05, 0) is 78.8 Å². The van der Waals surface area contributed by atoms with Crippen molar-refractivity contribution in [2.24, 2.45) is 0 Å². The number of hydrogen-bond donors (Lipinski definition) is 1. The van der Waals surface area contributed by atoms with E-state index in [1.807, 2.05) is 42.5 Å². The zero-order chi connectivity index (χ0) is 19.0. The number of halogens is 1. The Kier molecular flexibility index (Phi) is 5.19. The second-order valence-corrected chi connectivity index (χ2v) is 8.62. The highest BCUT2D eigenvalue weighted by molar-refractivity contribution is 14.1. The van der Waals surface area contributed by atoms with Gasteiger partial charge in [-0.2, -0.15) is 0 Å². The summed E-state index contributed by atoms with van der Waals surface area (Å²) < 4.78 is 1.07. The van der Waals surface area contributed by atoms with Crippen molar-refractivity contribution < 1.29 is 4.79 Å². The van der Waals surface area contributed by atoms with Gasteiger partial charge in [0.25, 0.3) is 0 Å². The van der Waals surface area contributed by atoms with Crippen molar-refractivity contribution in [1.29, 1.82) is 0 Å². The molecule has 27 heavy (non-hydrogen) atoms. The summed E-state index contributed by atoms with van der Waals surface area (Å²) in [5.41, 5.74) is 5.16. The number of aromatic amines is 1. The SMILES string of the molecule is CC(C)N1CC=C(c2c[nH]c3ccc(C(=O)c4cccc(I)c4)cc23)CC1. The average molecular weight is 470 g/mol. The molecule has 4 rings (SSSR count).